The molecule has 190 valence electrons. The van der Waals surface area contributed by atoms with Crippen LogP contribution in [0.15, 0.2) is 64.4 Å². The maximum Gasteiger partial charge on any atom is 0.416 e. The first kappa shape index (κ1) is 27.3. The molecule has 14 heteroatoms. The Morgan fingerprint density at radius 2 is 1.78 bits per heavy atom. The number of methoxy groups -OCH3 is 1. The van der Waals surface area contributed by atoms with Gasteiger partial charge in [0.05, 0.1) is 28.3 Å². The normalized spacial score (nSPS) is 20.0. The number of aliphatic carboxylic acids is 1. The van der Waals surface area contributed by atoms with Crippen LogP contribution in [0.25, 0.3) is 0 Å². The van der Waals surface area contributed by atoms with Gasteiger partial charge in [-0.25, -0.2) is 4.79 Å². The van der Waals surface area contributed by atoms with Crippen LogP contribution >= 0.6 is 34.8 Å². The Labute approximate surface area is 215 Å². The van der Waals surface area contributed by atoms with Crippen molar-refractivity contribution in [2.75, 3.05) is 7.11 Å². The summed E-state index contributed by atoms with van der Waals surface area (Å²) in [5.74, 6) is -5.89. The maximum atomic E-state index is 12.9. The average molecular weight is 567 g/mol. The molecule has 1 aliphatic rings. The van der Waals surface area contributed by atoms with Crippen LogP contribution in [-0.2, 0) is 21.2 Å². The van der Waals surface area contributed by atoms with E-state index >= 15 is 0 Å². The van der Waals surface area contributed by atoms with Gasteiger partial charge in [-0.15, -0.1) is 0 Å². The van der Waals surface area contributed by atoms with E-state index in [0.29, 0.717) is 12.1 Å². The Morgan fingerprint density at radius 3 is 2.31 bits per heavy atom. The highest BCUT2D eigenvalue weighted by Crippen LogP contribution is 2.52. The molecule has 0 bridgehead atoms. The fraction of sp³-hybridized carbons (Fsp3) is 0.182. The standard InChI is InChI=1S/C22H13Cl3F3NO7/c1-35-20(32)11-4-2-3-5-12(11)21(29(33)34)16(24)9-15(18(25)17(21)19(30)31)36-14-7-6-10(8-13(14)23)22(26,27)28/h2-9,17H,1H3,(H,30,31). The molecule has 0 saturated heterocycles. The summed E-state index contributed by atoms with van der Waals surface area (Å²) in [6, 6.07) is 7.10. The maximum absolute atomic E-state index is 12.9. The first-order valence-corrected chi connectivity index (χ1v) is 10.8. The summed E-state index contributed by atoms with van der Waals surface area (Å²) >= 11 is 18.5. The minimum atomic E-state index is -4.69. The molecule has 0 spiro atoms. The van der Waals surface area contributed by atoms with E-state index in [9.17, 15) is 38.0 Å². The molecule has 0 saturated carbocycles. The number of nitrogens with zero attached hydrogens (tertiary/aromatic N) is 1. The highest BCUT2D eigenvalue weighted by molar-refractivity contribution is 6.35. The van der Waals surface area contributed by atoms with Gasteiger partial charge in [0.15, 0.2) is 5.92 Å². The van der Waals surface area contributed by atoms with Crippen LogP contribution in [0.3, 0.4) is 0 Å². The first-order valence-electron chi connectivity index (χ1n) is 9.63. The number of nitro groups is 1. The molecule has 36 heavy (non-hydrogen) atoms. The second-order valence-electron chi connectivity index (χ2n) is 7.28. The largest absolute Gasteiger partial charge is 0.481 e. The number of alkyl halides is 3. The second-order valence-corrected chi connectivity index (χ2v) is 8.50. The molecule has 2 aromatic carbocycles. The Hall–Kier alpha value is -3.28. The number of hydrogen-bond acceptors (Lipinski definition) is 6. The number of hydrogen-bond donors (Lipinski definition) is 1. The molecule has 3 rings (SSSR count). The predicted molar refractivity (Wildman–Crippen MR) is 121 cm³/mol. The van der Waals surface area contributed by atoms with Gasteiger partial charge >= 0.3 is 23.7 Å². The zero-order valence-electron chi connectivity index (χ0n) is 17.8. The summed E-state index contributed by atoms with van der Waals surface area (Å²) in [5, 5.41) is 20.5. The third-order valence-electron chi connectivity index (χ3n) is 5.29. The Kier molecular flexibility index (Phi) is 7.58. The van der Waals surface area contributed by atoms with E-state index in [-0.39, 0.29) is 11.3 Å². The van der Waals surface area contributed by atoms with E-state index in [1.165, 1.54) is 18.2 Å². The number of benzene rings is 2. The number of ether oxygens (including phenoxy) is 2. The van der Waals surface area contributed by atoms with E-state index in [4.69, 9.17) is 39.5 Å². The summed E-state index contributed by atoms with van der Waals surface area (Å²) in [6.45, 7) is 0. The van der Waals surface area contributed by atoms with Crippen molar-refractivity contribution in [2.45, 2.75) is 11.7 Å². The van der Waals surface area contributed by atoms with E-state index in [0.717, 1.165) is 25.3 Å². The van der Waals surface area contributed by atoms with Crippen molar-refractivity contribution >= 4 is 46.7 Å². The van der Waals surface area contributed by atoms with Gasteiger partial charge in [0.25, 0.3) is 0 Å². The predicted octanol–water partition coefficient (Wildman–Crippen LogP) is 5.98. The van der Waals surface area contributed by atoms with E-state index in [1.54, 1.807) is 0 Å². The Bertz CT molecular complexity index is 1330. The fourth-order valence-electron chi connectivity index (χ4n) is 3.68. The van der Waals surface area contributed by atoms with Gasteiger partial charge in [0.1, 0.15) is 16.5 Å². The van der Waals surface area contributed by atoms with Gasteiger partial charge in [0, 0.05) is 16.6 Å². The van der Waals surface area contributed by atoms with Crippen molar-refractivity contribution in [3.63, 3.8) is 0 Å². The van der Waals surface area contributed by atoms with Gasteiger partial charge < -0.3 is 14.6 Å². The Morgan fingerprint density at radius 1 is 1.14 bits per heavy atom. The topological polar surface area (TPSA) is 116 Å². The van der Waals surface area contributed by atoms with Crippen LogP contribution < -0.4 is 4.74 Å². The number of allylic oxidation sites excluding steroid dienone is 1. The third kappa shape index (κ3) is 4.61. The summed E-state index contributed by atoms with van der Waals surface area (Å²) in [7, 11) is 1.03. The van der Waals surface area contributed by atoms with Gasteiger partial charge in [-0.1, -0.05) is 53.0 Å². The van der Waals surface area contributed by atoms with Crippen LogP contribution in [0.5, 0.6) is 5.75 Å². The molecule has 8 nitrogen and oxygen atoms in total. The van der Waals surface area contributed by atoms with Crippen molar-refractivity contribution in [3.8, 4) is 5.75 Å². The number of carboxylic acid groups (broad SMARTS) is 1. The molecule has 0 aliphatic heterocycles. The Balaban J connectivity index is 2.22. The lowest BCUT2D eigenvalue weighted by Gasteiger charge is -2.34. The number of esters is 1. The highest BCUT2D eigenvalue weighted by Gasteiger charge is 2.63. The zero-order valence-corrected chi connectivity index (χ0v) is 20.1. The van der Waals surface area contributed by atoms with E-state index in [2.05, 4.69) is 4.74 Å². The third-order valence-corrected chi connectivity index (χ3v) is 6.38. The van der Waals surface area contributed by atoms with Gasteiger partial charge in [-0.2, -0.15) is 13.2 Å². The van der Waals surface area contributed by atoms with Crippen molar-refractivity contribution in [3.05, 3.63) is 96.2 Å². The first-order chi connectivity index (χ1) is 16.8. The molecule has 0 aromatic heterocycles. The van der Waals surface area contributed by atoms with Gasteiger partial charge in [0.2, 0.25) is 0 Å². The highest BCUT2D eigenvalue weighted by atomic mass is 35.5. The second kappa shape index (κ2) is 10.00. The van der Waals surface area contributed by atoms with E-state index in [1.807, 2.05) is 0 Å². The molecular formula is C22H13Cl3F3NO7. The van der Waals surface area contributed by atoms with Crippen LogP contribution in [0.2, 0.25) is 5.02 Å². The molecule has 0 fully saturated rings. The summed E-state index contributed by atoms with van der Waals surface area (Å²) in [5.41, 5.74) is -4.62. The van der Waals surface area contributed by atoms with Crippen molar-refractivity contribution in [1.29, 1.82) is 0 Å². The molecular weight excluding hydrogens is 554 g/mol. The smallest absolute Gasteiger partial charge is 0.416 e. The fourth-order valence-corrected chi connectivity index (χ4v) is 4.62. The molecule has 2 atom stereocenters. The minimum absolute atomic E-state index is 0.339. The summed E-state index contributed by atoms with van der Waals surface area (Å²) < 4.78 is 48.9. The van der Waals surface area contributed by atoms with Crippen LogP contribution in [0, 0.1) is 16.0 Å². The number of carbonyl (C=O) groups excluding carboxylic acids is 1. The minimum Gasteiger partial charge on any atom is -0.481 e. The van der Waals surface area contributed by atoms with Gasteiger partial charge in [-0.3, -0.25) is 14.9 Å². The van der Waals surface area contributed by atoms with Crippen molar-refractivity contribution in [2.24, 2.45) is 5.92 Å². The van der Waals surface area contributed by atoms with Crippen LogP contribution in [0.1, 0.15) is 21.5 Å². The molecule has 2 unspecified atom stereocenters. The van der Waals surface area contributed by atoms with Crippen LogP contribution in [0.4, 0.5) is 13.2 Å². The number of carboxylic acids is 1. The summed E-state index contributed by atoms with van der Waals surface area (Å²) in [6.07, 6.45) is -3.85. The monoisotopic (exact) mass is 565 g/mol. The molecule has 1 N–H and O–H groups in total. The van der Waals surface area contributed by atoms with Crippen molar-refractivity contribution < 1.29 is 42.3 Å². The molecule has 0 radical (unpaired) electrons. The lowest BCUT2D eigenvalue weighted by molar-refractivity contribution is -0.572. The molecule has 0 amide bonds. The zero-order chi connectivity index (χ0) is 27.0. The van der Waals surface area contributed by atoms with Crippen LogP contribution in [-0.4, -0.2) is 29.1 Å². The summed E-state index contributed by atoms with van der Waals surface area (Å²) in [4.78, 5) is 36.1. The number of carbonyl (C=O) groups is 2. The molecule has 2 aromatic rings. The molecule has 1 aliphatic carbocycles. The lowest BCUT2D eigenvalue weighted by atomic mass is 9.73. The quantitative estimate of drug-likeness (QED) is 0.260. The number of halogens is 6. The van der Waals surface area contributed by atoms with Gasteiger partial charge in [-0.05, 0) is 24.3 Å². The van der Waals surface area contributed by atoms with Crippen molar-refractivity contribution in [1.82, 2.24) is 0 Å². The molecule has 0 heterocycles. The lowest BCUT2D eigenvalue weighted by Crippen LogP contribution is -2.50. The van der Waals surface area contributed by atoms with E-state index < -0.39 is 66.5 Å². The average Bonchev–Trinajstić information content (AvgIpc) is 2.80. The number of rotatable bonds is 6. The SMILES string of the molecule is COC(=O)c1ccccc1C1([N+](=O)[O-])C(Cl)=CC(Oc2ccc(C(F)(F)F)cc2Cl)=C(Cl)C1C(=O)O.